The van der Waals surface area contributed by atoms with E-state index in [2.05, 4.69) is 15.3 Å². The van der Waals surface area contributed by atoms with Crippen molar-refractivity contribution >= 4 is 11.9 Å². The van der Waals surface area contributed by atoms with Gasteiger partial charge in [-0.2, -0.15) is 0 Å². The van der Waals surface area contributed by atoms with Crippen molar-refractivity contribution in [3.8, 4) is 0 Å². The molecule has 1 aliphatic rings. The number of carbonyl (C=O) groups is 1. The highest BCUT2D eigenvalue weighted by atomic mass is 16.4. The zero-order chi connectivity index (χ0) is 12.3. The molecule has 3 N–H and O–H groups in total. The molecule has 0 amide bonds. The van der Waals surface area contributed by atoms with Gasteiger partial charge in [0.05, 0.1) is 6.20 Å². The quantitative estimate of drug-likeness (QED) is 0.734. The SMILES string of the molecule is O=C(O)c1cnc(NC2CCCCC2)[nH]c1=O. The molecule has 1 heterocycles. The van der Waals surface area contributed by atoms with Crippen LogP contribution in [0.2, 0.25) is 0 Å². The van der Waals surface area contributed by atoms with Crippen LogP contribution in [-0.4, -0.2) is 27.1 Å². The zero-order valence-electron chi connectivity index (χ0n) is 9.40. The average molecular weight is 237 g/mol. The molecule has 17 heavy (non-hydrogen) atoms. The van der Waals surface area contributed by atoms with Gasteiger partial charge in [-0.3, -0.25) is 9.78 Å². The van der Waals surface area contributed by atoms with Gasteiger partial charge in [0.15, 0.2) is 0 Å². The number of hydrogen-bond acceptors (Lipinski definition) is 4. The summed E-state index contributed by atoms with van der Waals surface area (Å²) in [5, 5.41) is 11.8. The Morgan fingerprint density at radius 3 is 2.71 bits per heavy atom. The summed E-state index contributed by atoms with van der Waals surface area (Å²) >= 11 is 0. The van der Waals surface area contributed by atoms with Crippen LogP contribution in [-0.2, 0) is 0 Å². The number of hydrogen-bond donors (Lipinski definition) is 3. The third-order valence-corrected chi connectivity index (χ3v) is 2.98. The lowest BCUT2D eigenvalue weighted by molar-refractivity contribution is 0.0694. The monoisotopic (exact) mass is 237 g/mol. The summed E-state index contributed by atoms with van der Waals surface area (Å²) in [5.41, 5.74) is -0.954. The van der Waals surface area contributed by atoms with Gasteiger partial charge in [-0.1, -0.05) is 19.3 Å². The molecule has 0 radical (unpaired) electrons. The Hall–Kier alpha value is -1.85. The van der Waals surface area contributed by atoms with Gasteiger partial charge in [0.1, 0.15) is 5.56 Å². The number of anilines is 1. The van der Waals surface area contributed by atoms with Gasteiger partial charge < -0.3 is 10.4 Å². The van der Waals surface area contributed by atoms with E-state index in [1.54, 1.807) is 0 Å². The number of carboxylic acids is 1. The average Bonchev–Trinajstić information content (AvgIpc) is 2.30. The van der Waals surface area contributed by atoms with Crippen molar-refractivity contribution in [2.24, 2.45) is 0 Å². The van der Waals surface area contributed by atoms with Crippen molar-refractivity contribution < 1.29 is 9.90 Å². The highest BCUT2D eigenvalue weighted by Gasteiger charge is 2.15. The van der Waals surface area contributed by atoms with Gasteiger partial charge >= 0.3 is 5.97 Å². The number of nitrogens with one attached hydrogen (secondary N) is 2. The first kappa shape index (κ1) is 11.6. The van der Waals surface area contributed by atoms with E-state index in [4.69, 9.17) is 5.11 Å². The van der Waals surface area contributed by atoms with E-state index >= 15 is 0 Å². The minimum Gasteiger partial charge on any atom is -0.477 e. The molecule has 1 fully saturated rings. The Morgan fingerprint density at radius 1 is 1.41 bits per heavy atom. The summed E-state index contributed by atoms with van der Waals surface area (Å²) < 4.78 is 0. The first-order valence-electron chi connectivity index (χ1n) is 5.76. The lowest BCUT2D eigenvalue weighted by Gasteiger charge is -2.22. The van der Waals surface area contributed by atoms with Gasteiger partial charge in [-0.25, -0.2) is 9.78 Å². The van der Waals surface area contributed by atoms with Crippen LogP contribution in [0.15, 0.2) is 11.0 Å². The molecule has 92 valence electrons. The Kier molecular flexibility index (Phi) is 3.41. The molecule has 6 heteroatoms. The van der Waals surface area contributed by atoms with Crippen molar-refractivity contribution in [1.82, 2.24) is 9.97 Å². The third-order valence-electron chi connectivity index (χ3n) is 2.98. The number of aromatic amines is 1. The van der Waals surface area contributed by atoms with E-state index in [9.17, 15) is 9.59 Å². The van der Waals surface area contributed by atoms with E-state index in [1.807, 2.05) is 0 Å². The Balaban J connectivity index is 2.09. The van der Waals surface area contributed by atoms with Crippen LogP contribution in [0.1, 0.15) is 42.5 Å². The highest BCUT2D eigenvalue weighted by molar-refractivity contribution is 5.86. The number of rotatable bonds is 3. The van der Waals surface area contributed by atoms with Crippen molar-refractivity contribution in [2.75, 3.05) is 5.32 Å². The minimum absolute atomic E-state index is 0.322. The fraction of sp³-hybridized carbons (Fsp3) is 0.545. The van der Waals surface area contributed by atoms with Crippen LogP contribution >= 0.6 is 0 Å². The molecular formula is C11H15N3O3. The van der Waals surface area contributed by atoms with Crippen molar-refractivity contribution in [2.45, 2.75) is 38.1 Å². The topological polar surface area (TPSA) is 95.1 Å². The lowest BCUT2D eigenvalue weighted by Crippen LogP contribution is -2.26. The smallest absolute Gasteiger partial charge is 0.342 e. The third kappa shape index (κ3) is 2.83. The molecule has 6 nitrogen and oxygen atoms in total. The van der Waals surface area contributed by atoms with Crippen LogP contribution in [0.4, 0.5) is 5.95 Å². The number of nitrogens with zero attached hydrogens (tertiary/aromatic N) is 1. The fourth-order valence-corrected chi connectivity index (χ4v) is 2.06. The van der Waals surface area contributed by atoms with Crippen LogP contribution in [0.25, 0.3) is 0 Å². The maximum absolute atomic E-state index is 11.4. The van der Waals surface area contributed by atoms with Gasteiger partial charge in [0.25, 0.3) is 5.56 Å². The molecule has 0 bridgehead atoms. The number of aromatic nitrogens is 2. The summed E-state index contributed by atoms with van der Waals surface area (Å²) in [6, 6.07) is 0.322. The maximum Gasteiger partial charge on any atom is 0.342 e. The van der Waals surface area contributed by atoms with E-state index in [-0.39, 0.29) is 5.56 Å². The van der Waals surface area contributed by atoms with Gasteiger partial charge in [0, 0.05) is 6.04 Å². The Labute approximate surface area is 98.1 Å². The van der Waals surface area contributed by atoms with E-state index in [0.717, 1.165) is 19.0 Å². The predicted molar refractivity (Wildman–Crippen MR) is 62.3 cm³/mol. The fourth-order valence-electron chi connectivity index (χ4n) is 2.06. The van der Waals surface area contributed by atoms with Crippen molar-refractivity contribution in [3.63, 3.8) is 0 Å². The van der Waals surface area contributed by atoms with E-state index in [1.165, 1.54) is 19.3 Å². The molecule has 0 atom stereocenters. The second-order valence-corrected chi connectivity index (χ2v) is 4.26. The minimum atomic E-state index is -1.26. The largest absolute Gasteiger partial charge is 0.477 e. The predicted octanol–water partition coefficient (Wildman–Crippen LogP) is 1.21. The molecule has 1 aromatic rings. The van der Waals surface area contributed by atoms with E-state index in [0.29, 0.717) is 12.0 Å². The molecule has 0 unspecified atom stereocenters. The number of aromatic carboxylic acids is 1. The summed E-state index contributed by atoms with van der Waals surface area (Å²) in [6.45, 7) is 0. The van der Waals surface area contributed by atoms with E-state index < -0.39 is 11.5 Å². The standard InChI is InChI=1S/C11H15N3O3/c15-9-8(10(16)17)6-12-11(14-9)13-7-4-2-1-3-5-7/h6-7H,1-5H2,(H,16,17)(H2,12,13,14,15). The van der Waals surface area contributed by atoms with Crippen LogP contribution in [0.5, 0.6) is 0 Å². The molecule has 0 spiro atoms. The van der Waals surface area contributed by atoms with Crippen molar-refractivity contribution in [3.05, 3.63) is 22.1 Å². The molecule has 0 saturated heterocycles. The number of H-pyrrole nitrogens is 1. The first-order chi connectivity index (χ1) is 8.16. The first-order valence-corrected chi connectivity index (χ1v) is 5.76. The van der Waals surface area contributed by atoms with Crippen LogP contribution in [0.3, 0.4) is 0 Å². The Morgan fingerprint density at radius 2 is 2.12 bits per heavy atom. The summed E-state index contributed by atoms with van der Waals surface area (Å²) in [7, 11) is 0. The van der Waals surface area contributed by atoms with Crippen LogP contribution < -0.4 is 10.9 Å². The molecular weight excluding hydrogens is 222 g/mol. The maximum atomic E-state index is 11.4. The normalized spacial score (nSPS) is 16.7. The molecule has 1 aliphatic carbocycles. The molecule has 0 aliphatic heterocycles. The molecule has 2 rings (SSSR count). The number of carboxylic acid groups (broad SMARTS) is 1. The van der Waals surface area contributed by atoms with Gasteiger partial charge in [0.2, 0.25) is 5.95 Å². The van der Waals surface area contributed by atoms with Crippen molar-refractivity contribution in [1.29, 1.82) is 0 Å². The zero-order valence-corrected chi connectivity index (χ0v) is 9.40. The summed E-state index contributed by atoms with van der Waals surface area (Å²) in [4.78, 5) is 28.4. The molecule has 1 aromatic heterocycles. The second-order valence-electron chi connectivity index (χ2n) is 4.26. The Bertz CT molecular complexity index is 463. The summed E-state index contributed by atoms with van der Waals surface area (Å²) in [6.07, 6.45) is 6.81. The van der Waals surface area contributed by atoms with Gasteiger partial charge in [-0.15, -0.1) is 0 Å². The molecule has 1 saturated carbocycles. The second kappa shape index (κ2) is 4.99. The van der Waals surface area contributed by atoms with Crippen LogP contribution in [0, 0.1) is 0 Å². The van der Waals surface area contributed by atoms with Gasteiger partial charge in [-0.05, 0) is 12.8 Å². The summed E-state index contributed by atoms with van der Waals surface area (Å²) in [5.74, 6) is -0.908. The molecule has 0 aromatic carbocycles. The highest BCUT2D eigenvalue weighted by Crippen LogP contribution is 2.19. The lowest BCUT2D eigenvalue weighted by atomic mass is 9.96.